The van der Waals surface area contributed by atoms with E-state index in [1.165, 1.54) is 6.07 Å². The largest absolute Gasteiger partial charge is 0.747 e. The van der Waals surface area contributed by atoms with Gasteiger partial charge < -0.3 is 5.32 Å². The molecule has 2 aromatic rings. The molecule has 1 unspecified atom stereocenters. The van der Waals surface area contributed by atoms with Crippen LogP contribution < -0.4 is 9.84 Å². The van der Waals surface area contributed by atoms with E-state index in [0.717, 1.165) is 12.1 Å². The standard InChI is InChI=1S/C15H7ClF6NO4P/c16-9-1-2-12(27-28(25)26)11(6-9)13(24)23-10-4-7(14(17,18)19)3-8(5-10)15(20,21)22/h1-6H,(H-,23,24,25,26)/p+1. The maximum atomic E-state index is 12.9. The monoisotopic (exact) mass is 446 g/mol. The Balaban J connectivity index is 2.47. The maximum Gasteiger partial charge on any atom is 0.747 e. The molecule has 0 aliphatic carbocycles. The minimum absolute atomic E-state index is 0.0364. The van der Waals surface area contributed by atoms with Gasteiger partial charge in [-0.1, -0.05) is 11.6 Å². The molecule has 5 nitrogen and oxygen atoms in total. The maximum absolute atomic E-state index is 12.9. The van der Waals surface area contributed by atoms with Gasteiger partial charge in [0.25, 0.3) is 5.91 Å². The van der Waals surface area contributed by atoms with E-state index >= 15 is 0 Å². The normalized spacial score (nSPS) is 12.5. The van der Waals surface area contributed by atoms with Crippen LogP contribution >= 0.6 is 19.9 Å². The lowest BCUT2D eigenvalue weighted by molar-refractivity contribution is -0.143. The number of carbonyl (C=O) groups is 1. The topological polar surface area (TPSA) is 75.6 Å². The van der Waals surface area contributed by atoms with Gasteiger partial charge in [-0.3, -0.25) is 4.79 Å². The first-order valence-electron chi connectivity index (χ1n) is 7.02. The number of nitrogens with one attached hydrogen (secondary N) is 1. The predicted octanol–water partition coefficient (Wildman–Crippen LogP) is 5.66. The zero-order chi connectivity index (χ0) is 21.3. The van der Waals surface area contributed by atoms with Crippen molar-refractivity contribution in [2.24, 2.45) is 0 Å². The summed E-state index contributed by atoms with van der Waals surface area (Å²) in [6, 6.07) is 3.71. The van der Waals surface area contributed by atoms with Crippen LogP contribution in [0.15, 0.2) is 36.4 Å². The molecule has 0 aliphatic heterocycles. The highest BCUT2D eigenvalue weighted by molar-refractivity contribution is 7.32. The van der Waals surface area contributed by atoms with E-state index in [9.17, 15) is 35.7 Å². The summed E-state index contributed by atoms with van der Waals surface area (Å²) >= 11 is 5.70. The summed E-state index contributed by atoms with van der Waals surface area (Å²) in [7, 11) is -3.20. The van der Waals surface area contributed by atoms with Crippen LogP contribution in [0.1, 0.15) is 21.5 Å². The summed E-state index contributed by atoms with van der Waals surface area (Å²) in [5.74, 6) is -1.66. The number of halogens is 7. The fourth-order valence-electron chi connectivity index (χ4n) is 2.07. The molecule has 0 saturated heterocycles. The number of amides is 1. The van der Waals surface area contributed by atoms with Gasteiger partial charge in [0, 0.05) is 15.3 Å². The van der Waals surface area contributed by atoms with Crippen molar-refractivity contribution in [2.45, 2.75) is 12.4 Å². The number of carbonyl (C=O) groups excluding carboxylic acids is 1. The van der Waals surface area contributed by atoms with Crippen molar-refractivity contribution in [2.75, 3.05) is 5.32 Å². The number of rotatable bonds is 4. The van der Waals surface area contributed by atoms with Crippen molar-refractivity contribution >= 4 is 31.5 Å². The molecule has 0 fully saturated rings. The van der Waals surface area contributed by atoms with Crippen molar-refractivity contribution in [1.82, 2.24) is 0 Å². The lowest BCUT2D eigenvalue weighted by atomic mass is 10.1. The summed E-state index contributed by atoms with van der Waals surface area (Å²) < 4.78 is 92.6. The third kappa shape index (κ3) is 5.57. The molecule has 0 radical (unpaired) electrons. The van der Waals surface area contributed by atoms with E-state index in [1.807, 2.05) is 5.32 Å². The van der Waals surface area contributed by atoms with Crippen molar-refractivity contribution in [1.29, 1.82) is 0 Å². The van der Waals surface area contributed by atoms with Crippen LogP contribution in [0.5, 0.6) is 5.75 Å². The quantitative estimate of drug-likeness (QED) is 0.469. The fraction of sp³-hybridized carbons (Fsp3) is 0.133. The molecular formula is C15H8ClF6NO4P+. The molecule has 150 valence electrons. The molecular weight excluding hydrogens is 439 g/mol. The number of benzene rings is 2. The van der Waals surface area contributed by atoms with Gasteiger partial charge in [-0.15, -0.1) is 4.89 Å². The number of hydrogen-bond donors (Lipinski definition) is 2. The van der Waals surface area contributed by atoms with Gasteiger partial charge in [-0.05, 0) is 36.4 Å². The van der Waals surface area contributed by atoms with Crippen LogP contribution in [-0.4, -0.2) is 10.8 Å². The van der Waals surface area contributed by atoms with Crippen LogP contribution in [-0.2, 0) is 16.9 Å². The predicted molar refractivity (Wildman–Crippen MR) is 86.3 cm³/mol. The van der Waals surface area contributed by atoms with Crippen molar-refractivity contribution in [3.63, 3.8) is 0 Å². The minimum Gasteiger partial charge on any atom is -0.322 e. The van der Waals surface area contributed by atoms with Gasteiger partial charge >= 0.3 is 20.6 Å². The zero-order valence-electron chi connectivity index (χ0n) is 13.2. The number of hydrogen-bond acceptors (Lipinski definition) is 3. The number of anilines is 1. The molecule has 0 aliphatic rings. The van der Waals surface area contributed by atoms with Gasteiger partial charge in [0.05, 0.1) is 16.7 Å². The van der Waals surface area contributed by atoms with Crippen molar-refractivity contribution < 1.29 is 45.1 Å². The van der Waals surface area contributed by atoms with Gasteiger partial charge in [0.1, 0.15) is 0 Å². The Labute approximate surface area is 158 Å². The molecule has 0 heterocycles. The van der Waals surface area contributed by atoms with E-state index < -0.39 is 54.6 Å². The lowest BCUT2D eigenvalue weighted by Crippen LogP contribution is -2.16. The molecule has 1 amide bonds. The summed E-state index contributed by atoms with van der Waals surface area (Å²) in [6.07, 6.45) is -10.2. The van der Waals surface area contributed by atoms with Crippen LogP contribution in [0, 0.1) is 0 Å². The Morgan fingerprint density at radius 2 is 1.54 bits per heavy atom. The van der Waals surface area contributed by atoms with E-state index in [2.05, 4.69) is 4.52 Å². The van der Waals surface area contributed by atoms with E-state index in [-0.39, 0.29) is 11.1 Å². The zero-order valence-corrected chi connectivity index (χ0v) is 14.9. The summed E-state index contributed by atoms with van der Waals surface area (Å²) in [5, 5.41) is 1.83. The molecule has 2 aromatic carbocycles. The molecule has 28 heavy (non-hydrogen) atoms. The smallest absolute Gasteiger partial charge is 0.322 e. The van der Waals surface area contributed by atoms with Crippen LogP contribution in [0.4, 0.5) is 32.0 Å². The minimum atomic E-state index is -5.10. The van der Waals surface area contributed by atoms with Gasteiger partial charge in [-0.2, -0.15) is 26.3 Å². The molecule has 0 bridgehead atoms. The average Bonchev–Trinajstić information content (AvgIpc) is 2.54. The third-order valence-electron chi connectivity index (χ3n) is 3.21. The molecule has 1 atom stereocenters. The summed E-state index contributed by atoms with van der Waals surface area (Å²) in [5.41, 5.74) is -4.53. The highest BCUT2D eigenvalue weighted by atomic mass is 35.5. The molecule has 0 spiro atoms. The van der Waals surface area contributed by atoms with Gasteiger partial charge in [0.15, 0.2) is 0 Å². The Bertz CT molecular complexity index is 899. The van der Waals surface area contributed by atoms with Crippen molar-refractivity contribution in [3.8, 4) is 5.75 Å². The molecule has 13 heteroatoms. The Morgan fingerprint density at radius 1 is 1.00 bits per heavy atom. The second-order valence-electron chi connectivity index (χ2n) is 5.22. The third-order valence-corrected chi connectivity index (χ3v) is 3.80. The van der Waals surface area contributed by atoms with E-state index in [4.69, 9.17) is 16.5 Å². The molecule has 2 N–H and O–H groups in total. The number of alkyl halides is 6. The van der Waals surface area contributed by atoms with Gasteiger partial charge in [-0.25, -0.2) is 4.52 Å². The Morgan fingerprint density at radius 3 is 2.00 bits per heavy atom. The second-order valence-corrected chi connectivity index (χ2v) is 6.31. The SMILES string of the molecule is O=C(Nc1cc(C(F)(F)F)cc(C(F)(F)F)c1)c1cc(Cl)ccc1O[P+](=O)O. The Hall–Kier alpha value is -2.36. The lowest BCUT2D eigenvalue weighted by Gasteiger charge is -2.15. The van der Waals surface area contributed by atoms with E-state index in [1.54, 1.807) is 0 Å². The average molecular weight is 447 g/mol. The van der Waals surface area contributed by atoms with Crippen LogP contribution in [0.3, 0.4) is 0 Å². The Kier molecular flexibility index (Phi) is 6.22. The fourth-order valence-corrected chi connectivity index (χ4v) is 2.57. The van der Waals surface area contributed by atoms with Crippen LogP contribution in [0.25, 0.3) is 0 Å². The first-order valence-corrected chi connectivity index (χ1v) is 8.52. The highest BCUT2D eigenvalue weighted by Gasteiger charge is 2.37. The van der Waals surface area contributed by atoms with Crippen molar-refractivity contribution in [3.05, 3.63) is 58.1 Å². The first kappa shape index (κ1) is 21.9. The van der Waals surface area contributed by atoms with Gasteiger partial charge in [0.2, 0.25) is 5.75 Å². The molecule has 0 saturated carbocycles. The first-order chi connectivity index (χ1) is 12.8. The molecule has 2 rings (SSSR count). The highest BCUT2D eigenvalue weighted by Crippen LogP contribution is 2.38. The van der Waals surface area contributed by atoms with E-state index in [0.29, 0.717) is 12.1 Å². The van der Waals surface area contributed by atoms with Crippen LogP contribution in [0.2, 0.25) is 5.02 Å². The molecule has 0 aromatic heterocycles. The summed E-state index contributed by atoms with van der Waals surface area (Å²) in [6.45, 7) is 0. The second kappa shape index (κ2) is 7.94. The summed E-state index contributed by atoms with van der Waals surface area (Å²) in [4.78, 5) is 21.1.